The SMILES string of the molecule is CCn1ccnc1[C@H]1OCC[C@@H]1NC(=O)[C@@H]1[C@H](C(=O)O)C1(C)C. The molecule has 2 heterocycles. The maximum absolute atomic E-state index is 12.5. The molecule has 1 aliphatic heterocycles. The quantitative estimate of drug-likeness (QED) is 0.850. The second-order valence-corrected chi connectivity index (χ2v) is 6.88. The zero-order chi connectivity index (χ0) is 16.8. The average Bonchev–Trinajstić information content (AvgIpc) is 2.89. The highest BCUT2D eigenvalue weighted by Gasteiger charge is 2.66. The molecule has 0 aromatic carbocycles. The van der Waals surface area contributed by atoms with Crippen LogP contribution in [0, 0.1) is 17.3 Å². The summed E-state index contributed by atoms with van der Waals surface area (Å²) in [5.74, 6) is -1.39. The Morgan fingerprint density at radius 1 is 1.48 bits per heavy atom. The fraction of sp³-hybridized carbons (Fsp3) is 0.688. The van der Waals surface area contributed by atoms with Crippen molar-refractivity contribution in [1.82, 2.24) is 14.9 Å². The van der Waals surface area contributed by atoms with Crippen molar-refractivity contribution in [3.8, 4) is 0 Å². The highest BCUT2D eigenvalue weighted by atomic mass is 16.5. The van der Waals surface area contributed by atoms with E-state index in [1.807, 2.05) is 31.5 Å². The van der Waals surface area contributed by atoms with Gasteiger partial charge in [-0.15, -0.1) is 0 Å². The van der Waals surface area contributed by atoms with E-state index in [0.29, 0.717) is 13.0 Å². The van der Waals surface area contributed by atoms with Crippen LogP contribution in [0.4, 0.5) is 0 Å². The molecule has 3 rings (SSSR count). The lowest BCUT2D eigenvalue weighted by Crippen LogP contribution is -2.39. The van der Waals surface area contributed by atoms with Crippen molar-refractivity contribution in [3.05, 3.63) is 18.2 Å². The largest absolute Gasteiger partial charge is 0.481 e. The van der Waals surface area contributed by atoms with Crippen molar-refractivity contribution in [2.45, 2.75) is 45.9 Å². The van der Waals surface area contributed by atoms with Gasteiger partial charge in [-0.25, -0.2) is 4.98 Å². The van der Waals surface area contributed by atoms with Gasteiger partial charge in [-0.05, 0) is 18.8 Å². The van der Waals surface area contributed by atoms with Gasteiger partial charge in [-0.2, -0.15) is 0 Å². The number of rotatable bonds is 5. The van der Waals surface area contributed by atoms with E-state index in [0.717, 1.165) is 12.4 Å². The van der Waals surface area contributed by atoms with Gasteiger partial charge in [0.2, 0.25) is 5.91 Å². The summed E-state index contributed by atoms with van der Waals surface area (Å²) in [5.41, 5.74) is -0.493. The summed E-state index contributed by atoms with van der Waals surface area (Å²) in [7, 11) is 0. The number of aromatic nitrogens is 2. The number of ether oxygens (including phenoxy) is 1. The van der Waals surface area contributed by atoms with Crippen LogP contribution in [0.3, 0.4) is 0 Å². The van der Waals surface area contributed by atoms with Gasteiger partial charge in [0.05, 0.1) is 17.9 Å². The van der Waals surface area contributed by atoms with Crippen LogP contribution in [-0.4, -0.2) is 39.2 Å². The first-order chi connectivity index (χ1) is 10.9. The van der Waals surface area contributed by atoms with Crippen molar-refractivity contribution in [2.75, 3.05) is 6.61 Å². The van der Waals surface area contributed by atoms with Crippen molar-refractivity contribution in [3.63, 3.8) is 0 Å². The number of imidazole rings is 1. The number of hydrogen-bond acceptors (Lipinski definition) is 4. The van der Waals surface area contributed by atoms with E-state index in [-0.39, 0.29) is 18.1 Å². The first-order valence-corrected chi connectivity index (χ1v) is 8.03. The number of aliphatic carboxylic acids is 1. The molecule has 2 fully saturated rings. The lowest BCUT2D eigenvalue weighted by atomic mass is 10.1. The Morgan fingerprint density at radius 2 is 2.22 bits per heavy atom. The number of hydrogen-bond donors (Lipinski definition) is 2. The Hall–Kier alpha value is -1.89. The third-order valence-corrected chi connectivity index (χ3v) is 5.14. The minimum atomic E-state index is -0.907. The second kappa shape index (κ2) is 5.63. The number of nitrogens with zero attached hydrogens (tertiary/aromatic N) is 2. The molecule has 126 valence electrons. The predicted molar refractivity (Wildman–Crippen MR) is 81.5 cm³/mol. The number of amides is 1. The molecule has 4 atom stereocenters. The lowest BCUT2D eigenvalue weighted by molar-refractivity contribution is -0.140. The van der Waals surface area contributed by atoms with E-state index in [1.165, 1.54) is 0 Å². The zero-order valence-corrected chi connectivity index (χ0v) is 13.7. The van der Waals surface area contributed by atoms with Gasteiger partial charge >= 0.3 is 5.97 Å². The molecule has 1 aromatic rings. The predicted octanol–water partition coefficient (Wildman–Crippen LogP) is 1.21. The van der Waals surface area contributed by atoms with Crippen LogP contribution in [0.5, 0.6) is 0 Å². The van der Waals surface area contributed by atoms with Gasteiger partial charge in [0.15, 0.2) is 0 Å². The standard InChI is InChI=1S/C16H23N3O4/c1-4-19-7-6-17-13(19)12-9(5-8-23-12)18-14(20)10-11(15(21)22)16(10,2)3/h6-7,9-12H,4-5,8H2,1-3H3,(H,18,20)(H,21,22)/t9-,10-,11+,12-/m0/s1. The fourth-order valence-corrected chi connectivity index (χ4v) is 3.70. The summed E-state index contributed by atoms with van der Waals surface area (Å²) in [4.78, 5) is 28.1. The normalized spacial score (nSPS) is 31.8. The minimum Gasteiger partial charge on any atom is -0.481 e. The minimum absolute atomic E-state index is 0.166. The van der Waals surface area contributed by atoms with Crippen LogP contribution >= 0.6 is 0 Å². The Morgan fingerprint density at radius 3 is 2.83 bits per heavy atom. The van der Waals surface area contributed by atoms with E-state index in [9.17, 15) is 14.7 Å². The van der Waals surface area contributed by atoms with Crippen LogP contribution in [0.2, 0.25) is 0 Å². The van der Waals surface area contributed by atoms with Gasteiger partial charge in [-0.1, -0.05) is 13.8 Å². The maximum Gasteiger partial charge on any atom is 0.307 e. The Labute approximate surface area is 135 Å². The molecule has 1 saturated carbocycles. The lowest BCUT2D eigenvalue weighted by Gasteiger charge is -2.20. The Balaban J connectivity index is 1.70. The molecule has 1 saturated heterocycles. The van der Waals surface area contributed by atoms with Crippen LogP contribution in [-0.2, 0) is 20.9 Å². The van der Waals surface area contributed by atoms with Crippen molar-refractivity contribution < 1.29 is 19.4 Å². The average molecular weight is 321 g/mol. The number of carbonyl (C=O) groups is 2. The molecular formula is C16H23N3O4. The highest BCUT2D eigenvalue weighted by molar-refractivity contribution is 5.91. The second-order valence-electron chi connectivity index (χ2n) is 6.88. The number of nitrogens with one attached hydrogen (secondary N) is 1. The van der Waals surface area contributed by atoms with Crippen molar-refractivity contribution >= 4 is 11.9 Å². The van der Waals surface area contributed by atoms with E-state index < -0.39 is 23.2 Å². The first-order valence-electron chi connectivity index (χ1n) is 8.03. The summed E-state index contributed by atoms with van der Waals surface area (Å²) < 4.78 is 7.76. The fourth-order valence-electron chi connectivity index (χ4n) is 3.70. The van der Waals surface area contributed by atoms with E-state index in [4.69, 9.17) is 4.74 Å². The van der Waals surface area contributed by atoms with Crippen LogP contribution in [0.25, 0.3) is 0 Å². The summed E-state index contributed by atoms with van der Waals surface area (Å²) in [6.07, 6.45) is 4.04. The van der Waals surface area contributed by atoms with E-state index >= 15 is 0 Å². The molecular weight excluding hydrogens is 298 g/mol. The molecule has 1 aliphatic carbocycles. The smallest absolute Gasteiger partial charge is 0.307 e. The molecule has 23 heavy (non-hydrogen) atoms. The van der Waals surface area contributed by atoms with Crippen LogP contribution < -0.4 is 5.32 Å². The molecule has 0 radical (unpaired) electrons. The summed E-state index contributed by atoms with van der Waals surface area (Å²) in [5, 5.41) is 12.2. The van der Waals surface area contributed by atoms with Gasteiger partial charge in [0.25, 0.3) is 0 Å². The number of carbonyl (C=O) groups excluding carboxylic acids is 1. The molecule has 2 N–H and O–H groups in total. The maximum atomic E-state index is 12.5. The number of carboxylic acids is 1. The van der Waals surface area contributed by atoms with Gasteiger partial charge in [-0.3, -0.25) is 9.59 Å². The number of aryl methyl sites for hydroxylation is 1. The molecule has 1 amide bonds. The van der Waals surface area contributed by atoms with E-state index in [2.05, 4.69) is 10.3 Å². The summed E-state index contributed by atoms with van der Waals surface area (Å²) in [6, 6.07) is -0.166. The zero-order valence-electron chi connectivity index (χ0n) is 13.7. The highest BCUT2D eigenvalue weighted by Crippen LogP contribution is 2.58. The summed E-state index contributed by atoms with van der Waals surface area (Å²) in [6.45, 7) is 7.01. The van der Waals surface area contributed by atoms with Crippen LogP contribution in [0.15, 0.2) is 12.4 Å². The van der Waals surface area contributed by atoms with Gasteiger partial charge < -0.3 is 19.7 Å². The molecule has 2 aliphatic rings. The molecule has 7 heteroatoms. The monoisotopic (exact) mass is 321 g/mol. The Kier molecular flexibility index (Phi) is 3.91. The first kappa shape index (κ1) is 16.0. The number of carboxylic acid groups (broad SMARTS) is 1. The third kappa shape index (κ3) is 2.63. The molecule has 0 bridgehead atoms. The Bertz CT molecular complexity index is 625. The van der Waals surface area contributed by atoms with Gasteiger partial charge in [0, 0.05) is 25.5 Å². The molecule has 0 unspecified atom stereocenters. The van der Waals surface area contributed by atoms with E-state index in [1.54, 1.807) is 6.20 Å². The summed E-state index contributed by atoms with van der Waals surface area (Å²) >= 11 is 0. The molecule has 7 nitrogen and oxygen atoms in total. The van der Waals surface area contributed by atoms with Crippen LogP contribution in [0.1, 0.15) is 39.1 Å². The van der Waals surface area contributed by atoms with Crippen molar-refractivity contribution in [1.29, 1.82) is 0 Å². The molecule has 1 aromatic heterocycles. The van der Waals surface area contributed by atoms with Crippen molar-refractivity contribution in [2.24, 2.45) is 17.3 Å². The topological polar surface area (TPSA) is 93.5 Å². The van der Waals surface area contributed by atoms with Gasteiger partial charge in [0.1, 0.15) is 11.9 Å². The molecule has 0 spiro atoms. The third-order valence-electron chi connectivity index (χ3n) is 5.14.